The maximum Gasteiger partial charge on any atom is 0.314 e. The minimum atomic E-state index is -2.68. The number of nitrogens with zero attached hydrogens (tertiary/aromatic N) is 2. The topological polar surface area (TPSA) is 51.0 Å². The van der Waals surface area contributed by atoms with Crippen LogP contribution in [0.25, 0.3) is 0 Å². The highest BCUT2D eigenvalue weighted by molar-refractivity contribution is 4.83. The molecule has 6 heteroatoms. The molecule has 0 aliphatic carbocycles. The molecule has 0 aliphatic heterocycles. The van der Waals surface area contributed by atoms with Crippen molar-refractivity contribution in [3.8, 4) is 0 Å². The molecule has 0 spiro atoms. The molecule has 0 fully saturated rings. The number of aromatic nitrogens is 2. The minimum absolute atomic E-state index is 0.274. The molecule has 1 aromatic rings. The Bertz CT molecular complexity index is 289. The van der Waals surface area contributed by atoms with Crippen molar-refractivity contribution >= 4 is 0 Å². The normalized spacial score (nSPS) is 11.6. The third-order valence-electron chi connectivity index (χ3n) is 1.79. The monoisotopic (exact) mass is 219 g/mol. The number of halogens is 2. The Labute approximate surface area is 87.1 Å². The first-order chi connectivity index (χ1) is 7.09. The van der Waals surface area contributed by atoms with Gasteiger partial charge in [0.25, 0.3) is 5.89 Å². The maximum atomic E-state index is 12.1. The molecule has 0 aliphatic rings. The van der Waals surface area contributed by atoms with E-state index in [4.69, 9.17) is 4.42 Å². The Morgan fingerprint density at radius 1 is 1.33 bits per heavy atom. The van der Waals surface area contributed by atoms with Crippen molar-refractivity contribution in [1.82, 2.24) is 15.5 Å². The predicted octanol–water partition coefficient (Wildman–Crippen LogP) is 1.94. The smallest absolute Gasteiger partial charge is 0.314 e. The van der Waals surface area contributed by atoms with Crippen LogP contribution in [0, 0.1) is 0 Å². The fraction of sp³-hybridized carbons (Fsp3) is 0.778. The largest absolute Gasteiger partial charge is 0.420 e. The first kappa shape index (κ1) is 12.0. The van der Waals surface area contributed by atoms with E-state index in [-0.39, 0.29) is 5.89 Å². The van der Waals surface area contributed by atoms with Gasteiger partial charge < -0.3 is 9.73 Å². The van der Waals surface area contributed by atoms with Crippen molar-refractivity contribution in [2.75, 3.05) is 6.54 Å². The summed E-state index contributed by atoms with van der Waals surface area (Å²) in [5.41, 5.74) is 0. The summed E-state index contributed by atoms with van der Waals surface area (Å²) in [6, 6.07) is 0.421. The molecule has 0 bridgehead atoms. The fourth-order valence-corrected chi connectivity index (χ4v) is 1.09. The van der Waals surface area contributed by atoms with E-state index in [1.54, 1.807) is 0 Å². The van der Waals surface area contributed by atoms with Gasteiger partial charge in [0, 0.05) is 12.5 Å². The van der Waals surface area contributed by atoms with Gasteiger partial charge in [-0.2, -0.15) is 8.78 Å². The summed E-state index contributed by atoms with van der Waals surface area (Å²) < 4.78 is 28.9. The first-order valence-electron chi connectivity index (χ1n) is 4.93. The highest BCUT2D eigenvalue weighted by Crippen LogP contribution is 2.16. The van der Waals surface area contributed by atoms with Crippen molar-refractivity contribution in [2.45, 2.75) is 39.2 Å². The van der Waals surface area contributed by atoms with Gasteiger partial charge in [-0.15, -0.1) is 10.2 Å². The summed E-state index contributed by atoms with van der Waals surface area (Å²) in [4.78, 5) is 0. The molecule has 1 N–H and O–H groups in total. The molecule has 0 aromatic carbocycles. The average Bonchev–Trinajstić information content (AvgIpc) is 2.60. The van der Waals surface area contributed by atoms with Gasteiger partial charge in [-0.05, 0) is 13.0 Å². The minimum Gasteiger partial charge on any atom is -0.420 e. The van der Waals surface area contributed by atoms with E-state index in [9.17, 15) is 8.78 Å². The van der Waals surface area contributed by atoms with Gasteiger partial charge in [0.2, 0.25) is 5.89 Å². The molecule has 1 aromatic heterocycles. The Hall–Kier alpha value is -1.04. The van der Waals surface area contributed by atoms with Crippen molar-refractivity contribution < 1.29 is 13.2 Å². The van der Waals surface area contributed by atoms with Gasteiger partial charge in [0.1, 0.15) is 0 Å². The van der Waals surface area contributed by atoms with E-state index in [2.05, 4.69) is 15.5 Å². The average molecular weight is 219 g/mol. The number of nitrogens with one attached hydrogen (secondary N) is 1. The summed E-state index contributed by atoms with van der Waals surface area (Å²) in [6.45, 7) is 4.90. The number of rotatable bonds is 6. The van der Waals surface area contributed by atoms with E-state index >= 15 is 0 Å². The zero-order valence-electron chi connectivity index (χ0n) is 8.83. The van der Waals surface area contributed by atoms with Gasteiger partial charge in [-0.3, -0.25) is 0 Å². The molecule has 15 heavy (non-hydrogen) atoms. The Morgan fingerprint density at radius 2 is 2.07 bits per heavy atom. The van der Waals surface area contributed by atoms with E-state index < -0.39 is 12.3 Å². The number of hydrogen-bond acceptors (Lipinski definition) is 4. The van der Waals surface area contributed by atoms with Crippen LogP contribution >= 0.6 is 0 Å². The van der Waals surface area contributed by atoms with Gasteiger partial charge in [-0.25, -0.2) is 0 Å². The third kappa shape index (κ3) is 4.33. The summed E-state index contributed by atoms with van der Waals surface area (Å²) in [5.74, 6) is -0.322. The number of hydrogen-bond donors (Lipinski definition) is 1. The summed E-state index contributed by atoms with van der Waals surface area (Å²) in [6.07, 6.45) is -1.36. The summed E-state index contributed by atoms with van der Waals surface area (Å²) >= 11 is 0. The molecule has 1 rings (SSSR count). The molecule has 86 valence electrons. The lowest BCUT2D eigenvalue weighted by atomic mass is 10.3. The van der Waals surface area contributed by atoms with Crippen LogP contribution in [0.2, 0.25) is 0 Å². The van der Waals surface area contributed by atoms with E-state index in [1.165, 1.54) is 0 Å². The first-order valence-corrected chi connectivity index (χ1v) is 4.93. The molecule has 0 radical (unpaired) electrons. The van der Waals surface area contributed by atoms with Crippen LogP contribution in [0.1, 0.15) is 38.5 Å². The molecular weight excluding hydrogens is 204 g/mol. The van der Waals surface area contributed by atoms with Gasteiger partial charge >= 0.3 is 6.43 Å². The molecular formula is C9H15F2N3O. The second-order valence-electron chi connectivity index (χ2n) is 3.55. The molecule has 0 saturated carbocycles. The lowest BCUT2D eigenvalue weighted by Crippen LogP contribution is -2.23. The van der Waals surface area contributed by atoms with Crippen LogP contribution in [0.15, 0.2) is 4.42 Å². The standard InChI is InChI=1S/C9H15F2N3O/c1-6(2)12-5-3-4-7-13-14-9(15-7)8(10)11/h6,8,12H,3-5H2,1-2H3. The number of aryl methyl sites for hydroxylation is 1. The Kier molecular flexibility index (Phi) is 4.61. The predicted molar refractivity (Wildman–Crippen MR) is 50.7 cm³/mol. The van der Waals surface area contributed by atoms with Crippen molar-refractivity contribution in [1.29, 1.82) is 0 Å². The molecule has 0 unspecified atom stereocenters. The SMILES string of the molecule is CC(C)NCCCc1nnc(C(F)F)o1. The molecule has 4 nitrogen and oxygen atoms in total. The van der Waals surface area contributed by atoms with Gasteiger partial charge in [-0.1, -0.05) is 13.8 Å². The second-order valence-corrected chi connectivity index (χ2v) is 3.55. The lowest BCUT2D eigenvalue weighted by Gasteiger charge is -2.05. The maximum absolute atomic E-state index is 12.1. The highest BCUT2D eigenvalue weighted by Gasteiger charge is 2.15. The van der Waals surface area contributed by atoms with Crippen LogP contribution in [-0.4, -0.2) is 22.8 Å². The Morgan fingerprint density at radius 3 is 2.60 bits per heavy atom. The van der Waals surface area contributed by atoms with Crippen LogP contribution in [0.4, 0.5) is 8.78 Å². The molecule has 1 heterocycles. The van der Waals surface area contributed by atoms with E-state index in [1.807, 2.05) is 13.8 Å². The zero-order valence-corrected chi connectivity index (χ0v) is 8.83. The van der Waals surface area contributed by atoms with Crippen LogP contribution in [-0.2, 0) is 6.42 Å². The van der Waals surface area contributed by atoms with Crippen molar-refractivity contribution in [3.05, 3.63) is 11.8 Å². The molecule has 0 atom stereocenters. The van der Waals surface area contributed by atoms with E-state index in [0.29, 0.717) is 12.5 Å². The third-order valence-corrected chi connectivity index (χ3v) is 1.79. The highest BCUT2D eigenvalue weighted by atomic mass is 19.3. The van der Waals surface area contributed by atoms with Crippen molar-refractivity contribution in [2.24, 2.45) is 0 Å². The summed E-state index contributed by atoms with van der Waals surface area (Å²) in [7, 11) is 0. The van der Waals surface area contributed by atoms with Crippen LogP contribution in [0.5, 0.6) is 0 Å². The Balaban J connectivity index is 2.26. The molecule has 0 saturated heterocycles. The second kappa shape index (κ2) is 5.75. The van der Waals surface area contributed by atoms with Crippen LogP contribution < -0.4 is 5.32 Å². The van der Waals surface area contributed by atoms with Gasteiger partial charge in [0.15, 0.2) is 0 Å². The van der Waals surface area contributed by atoms with E-state index in [0.717, 1.165) is 13.0 Å². The van der Waals surface area contributed by atoms with Crippen molar-refractivity contribution in [3.63, 3.8) is 0 Å². The fourth-order valence-electron chi connectivity index (χ4n) is 1.09. The number of alkyl halides is 2. The summed E-state index contributed by atoms with van der Waals surface area (Å²) in [5, 5.41) is 9.98. The quantitative estimate of drug-likeness (QED) is 0.743. The van der Waals surface area contributed by atoms with Gasteiger partial charge in [0.05, 0.1) is 0 Å². The molecule has 0 amide bonds. The zero-order chi connectivity index (χ0) is 11.3. The van der Waals surface area contributed by atoms with Crippen LogP contribution in [0.3, 0.4) is 0 Å². The lowest BCUT2D eigenvalue weighted by molar-refractivity contribution is 0.113.